The van der Waals surface area contributed by atoms with Gasteiger partial charge in [0.25, 0.3) is 0 Å². The minimum Gasteiger partial charge on any atom is -0.449 e. The van der Waals surface area contributed by atoms with Gasteiger partial charge >= 0.3 is 6.09 Å². The van der Waals surface area contributed by atoms with Gasteiger partial charge in [0.15, 0.2) is 0 Å². The minimum atomic E-state index is -0.367. The molecule has 0 fully saturated rings. The Morgan fingerprint density at radius 2 is 1.49 bits per heavy atom. The number of rotatable bonds is 6. The summed E-state index contributed by atoms with van der Waals surface area (Å²) in [6.45, 7) is 8.98. The number of anilines is 2. The molecule has 2 aliphatic rings. The zero-order valence-electron chi connectivity index (χ0n) is 21.1. The van der Waals surface area contributed by atoms with Crippen LogP contribution < -0.4 is 10.2 Å². The fourth-order valence-corrected chi connectivity index (χ4v) is 5.79. The lowest BCUT2D eigenvalue weighted by molar-refractivity contribution is 0.160. The number of hydrogen-bond acceptors (Lipinski definition) is 3. The van der Waals surface area contributed by atoms with Gasteiger partial charge in [-0.3, -0.25) is 5.32 Å². The van der Waals surface area contributed by atoms with Gasteiger partial charge in [0.2, 0.25) is 0 Å². The average molecular weight is 469 g/mol. The van der Waals surface area contributed by atoms with Crippen LogP contribution in [0.2, 0.25) is 0 Å². The summed E-state index contributed by atoms with van der Waals surface area (Å²) in [6, 6.07) is 22.1. The molecule has 0 saturated carbocycles. The first-order valence-electron chi connectivity index (χ1n) is 13.0. The van der Waals surface area contributed by atoms with E-state index in [9.17, 15) is 4.79 Å². The van der Waals surface area contributed by atoms with Gasteiger partial charge in [-0.25, -0.2) is 4.79 Å². The number of nitrogens with one attached hydrogen (secondary N) is 1. The summed E-state index contributed by atoms with van der Waals surface area (Å²) in [4.78, 5) is 15.1. The molecule has 4 nitrogen and oxygen atoms in total. The maximum atomic E-state index is 12.6. The molecule has 1 amide bonds. The Morgan fingerprint density at radius 1 is 0.914 bits per heavy atom. The SMILES string of the molecule is CCCCOC(=O)Nc1cc2c3c(c1)[C@H](c1cccc(C)c1)CCN3CCC2c1cccc(C)c1. The van der Waals surface area contributed by atoms with Crippen molar-refractivity contribution in [3.63, 3.8) is 0 Å². The molecule has 1 N–H and O–H groups in total. The molecule has 2 atom stereocenters. The maximum Gasteiger partial charge on any atom is 0.411 e. The van der Waals surface area contributed by atoms with Gasteiger partial charge in [0.05, 0.1) is 6.61 Å². The van der Waals surface area contributed by atoms with E-state index < -0.39 is 0 Å². The number of unbranched alkanes of at least 4 members (excludes halogenated alkanes) is 1. The van der Waals surface area contributed by atoms with Crippen molar-refractivity contribution in [2.75, 3.05) is 29.9 Å². The average Bonchev–Trinajstić information content (AvgIpc) is 2.84. The summed E-state index contributed by atoms with van der Waals surface area (Å²) in [7, 11) is 0. The Morgan fingerprint density at radius 3 is 2.00 bits per heavy atom. The predicted molar refractivity (Wildman–Crippen MR) is 144 cm³/mol. The Bertz CT molecular complexity index is 1140. The molecule has 0 aliphatic carbocycles. The molecule has 0 radical (unpaired) electrons. The molecule has 3 aromatic rings. The highest BCUT2D eigenvalue weighted by molar-refractivity contribution is 5.86. The first kappa shape index (κ1) is 23.5. The number of benzene rings is 3. The van der Waals surface area contributed by atoms with Crippen molar-refractivity contribution in [2.45, 2.75) is 58.3 Å². The van der Waals surface area contributed by atoms with Crippen molar-refractivity contribution in [3.05, 3.63) is 94.0 Å². The van der Waals surface area contributed by atoms with E-state index in [1.807, 2.05) is 0 Å². The second-order valence-electron chi connectivity index (χ2n) is 10.1. The lowest BCUT2D eigenvalue weighted by Crippen LogP contribution is -2.37. The van der Waals surface area contributed by atoms with Crippen LogP contribution in [0, 0.1) is 13.8 Å². The third-order valence-corrected chi connectivity index (χ3v) is 7.48. The highest BCUT2D eigenvalue weighted by Gasteiger charge is 2.35. The van der Waals surface area contributed by atoms with E-state index in [1.54, 1.807) is 0 Å². The number of hydrogen-bond donors (Lipinski definition) is 1. The highest BCUT2D eigenvalue weighted by atomic mass is 16.5. The highest BCUT2D eigenvalue weighted by Crippen LogP contribution is 2.49. The van der Waals surface area contributed by atoms with E-state index in [2.05, 4.69) is 91.7 Å². The van der Waals surface area contributed by atoms with E-state index >= 15 is 0 Å². The van der Waals surface area contributed by atoms with Crippen LogP contribution in [0.1, 0.15) is 77.8 Å². The Hall–Kier alpha value is -3.27. The van der Waals surface area contributed by atoms with Crippen molar-refractivity contribution < 1.29 is 9.53 Å². The lowest BCUT2D eigenvalue weighted by Gasteiger charge is -2.43. The molecule has 0 bridgehead atoms. The van der Waals surface area contributed by atoms with Crippen molar-refractivity contribution in [2.24, 2.45) is 0 Å². The molecule has 0 saturated heterocycles. The van der Waals surface area contributed by atoms with E-state index in [1.165, 1.54) is 39.1 Å². The third-order valence-electron chi connectivity index (χ3n) is 7.48. The summed E-state index contributed by atoms with van der Waals surface area (Å²) in [5.74, 6) is 0.628. The van der Waals surface area contributed by atoms with Crippen LogP contribution >= 0.6 is 0 Å². The van der Waals surface area contributed by atoms with Gasteiger partial charge < -0.3 is 9.64 Å². The van der Waals surface area contributed by atoms with E-state index in [0.29, 0.717) is 18.4 Å². The van der Waals surface area contributed by atoms with E-state index in [-0.39, 0.29) is 6.09 Å². The Kier molecular flexibility index (Phi) is 6.81. The second kappa shape index (κ2) is 10.2. The van der Waals surface area contributed by atoms with Crippen LogP contribution in [0.15, 0.2) is 60.7 Å². The molecule has 0 aromatic heterocycles. The van der Waals surface area contributed by atoms with Crippen LogP contribution in [0.25, 0.3) is 0 Å². The molecule has 3 aromatic carbocycles. The molecule has 0 spiro atoms. The number of amides is 1. The zero-order chi connectivity index (χ0) is 24.4. The molecule has 182 valence electrons. The van der Waals surface area contributed by atoms with Gasteiger partial charge in [-0.2, -0.15) is 0 Å². The summed E-state index contributed by atoms with van der Waals surface area (Å²) in [6.07, 6.45) is 3.67. The van der Waals surface area contributed by atoms with Crippen molar-refractivity contribution in [3.8, 4) is 0 Å². The number of ether oxygens (including phenoxy) is 1. The van der Waals surface area contributed by atoms with Crippen molar-refractivity contribution in [1.29, 1.82) is 0 Å². The summed E-state index contributed by atoms with van der Waals surface area (Å²) >= 11 is 0. The van der Waals surface area contributed by atoms with E-state index in [4.69, 9.17) is 4.74 Å². The minimum absolute atomic E-state index is 0.314. The maximum absolute atomic E-state index is 12.6. The lowest BCUT2D eigenvalue weighted by atomic mass is 9.76. The molecule has 2 heterocycles. The van der Waals surface area contributed by atoms with Gasteiger partial charge in [0.1, 0.15) is 0 Å². The fourth-order valence-electron chi connectivity index (χ4n) is 5.79. The van der Waals surface area contributed by atoms with Crippen molar-refractivity contribution in [1.82, 2.24) is 0 Å². The molecule has 5 rings (SSSR count). The molecule has 2 aliphatic heterocycles. The predicted octanol–water partition coefficient (Wildman–Crippen LogP) is 7.53. The normalized spacial score (nSPS) is 18.7. The topological polar surface area (TPSA) is 41.6 Å². The molecule has 4 heteroatoms. The van der Waals surface area contributed by atoms with Crippen LogP contribution in [0.3, 0.4) is 0 Å². The van der Waals surface area contributed by atoms with E-state index in [0.717, 1.165) is 44.5 Å². The number of nitrogens with zero attached hydrogens (tertiary/aromatic N) is 1. The monoisotopic (exact) mass is 468 g/mol. The van der Waals surface area contributed by atoms with Crippen LogP contribution in [0.5, 0.6) is 0 Å². The Balaban J connectivity index is 1.60. The standard InChI is InChI=1S/C31H36N2O2/c1-4-5-16-35-31(34)32-25-19-28-26(23-10-6-8-21(2)17-23)12-14-33-15-13-27(29(20-25)30(28)33)24-11-7-9-22(3)18-24/h6-11,17-20,26-27H,4-5,12-16H2,1-3H3,(H,32,34)/t26-,27?/m0/s1. The largest absolute Gasteiger partial charge is 0.449 e. The number of carbonyl (C=O) groups excluding carboxylic acids is 1. The van der Waals surface area contributed by atoms with Crippen molar-refractivity contribution >= 4 is 17.5 Å². The Labute approximate surface area is 209 Å². The first-order chi connectivity index (χ1) is 17.0. The van der Waals surface area contributed by atoms with Gasteiger partial charge in [-0.1, -0.05) is 73.0 Å². The second-order valence-corrected chi connectivity index (χ2v) is 10.1. The summed E-state index contributed by atoms with van der Waals surface area (Å²) in [5, 5.41) is 3.05. The molecular weight excluding hydrogens is 432 g/mol. The summed E-state index contributed by atoms with van der Waals surface area (Å²) < 4.78 is 5.43. The molecule has 1 unspecified atom stereocenters. The first-order valence-corrected chi connectivity index (χ1v) is 13.0. The molecular formula is C31H36N2O2. The molecule has 35 heavy (non-hydrogen) atoms. The number of aryl methyl sites for hydroxylation is 2. The van der Waals surface area contributed by atoms with Crippen LogP contribution in [-0.4, -0.2) is 25.8 Å². The fraction of sp³-hybridized carbons (Fsp3) is 0.387. The number of carbonyl (C=O) groups is 1. The summed E-state index contributed by atoms with van der Waals surface area (Å²) in [5.41, 5.74) is 10.1. The zero-order valence-corrected chi connectivity index (χ0v) is 21.1. The van der Waals surface area contributed by atoms with Gasteiger partial charge in [0, 0.05) is 36.3 Å². The van der Waals surface area contributed by atoms with Gasteiger partial charge in [-0.15, -0.1) is 0 Å². The third kappa shape index (κ3) is 4.93. The van der Waals surface area contributed by atoms with Crippen LogP contribution in [0.4, 0.5) is 16.2 Å². The van der Waals surface area contributed by atoms with Gasteiger partial charge in [-0.05, 0) is 67.5 Å². The smallest absolute Gasteiger partial charge is 0.411 e. The van der Waals surface area contributed by atoms with Crippen LogP contribution in [-0.2, 0) is 4.74 Å². The quantitative estimate of drug-likeness (QED) is 0.380.